The maximum absolute atomic E-state index is 13.2. The summed E-state index contributed by atoms with van der Waals surface area (Å²) in [6, 6.07) is 13.3. The van der Waals surface area contributed by atoms with Gasteiger partial charge in [0, 0.05) is 5.69 Å². The van der Waals surface area contributed by atoms with Crippen molar-refractivity contribution in [3.8, 4) is 0 Å². The van der Waals surface area contributed by atoms with Crippen LogP contribution < -0.4 is 10.2 Å². The highest BCUT2D eigenvalue weighted by molar-refractivity contribution is 6.32. The second-order valence-corrected chi connectivity index (χ2v) is 10.1. The molecule has 0 unspecified atom stereocenters. The molecule has 2 aromatic rings. The summed E-state index contributed by atoms with van der Waals surface area (Å²) in [7, 11) is 0. The fourth-order valence-electron chi connectivity index (χ4n) is 5.42. The lowest BCUT2D eigenvalue weighted by Crippen LogP contribution is -2.37. The van der Waals surface area contributed by atoms with Crippen molar-refractivity contribution >= 4 is 58.3 Å². The molecule has 1 aliphatic heterocycles. The third kappa shape index (κ3) is 3.77. The number of aryl methyl sites for hydroxylation is 1. The number of anilines is 2. The van der Waals surface area contributed by atoms with E-state index in [1.165, 1.54) is 12.1 Å². The largest absolute Gasteiger partial charge is 0.452 e. The number of halogens is 2. The Bertz CT molecular complexity index is 1150. The maximum atomic E-state index is 13.2. The number of hydrogen-bond donors (Lipinski definition) is 1. The van der Waals surface area contributed by atoms with E-state index < -0.39 is 30.3 Å². The molecular formula is C25H22Cl2N2O5. The molecular weight excluding hydrogens is 479 g/mol. The Hall–Kier alpha value is -2.90. The number of alkyl halides is 2. The predicted molar refractivity (Wildman–Crippen MR) is 127 cm³/mol. The van der Waals surface area contributed by atoms with E-state index in [9.17, 15) is 19.2 Å². The molecule has 9 heteroatoms. The van der Waals surface area contributed by atoms with Gasteiger partial charge in [-0.3, -0.25) is 19.3 Å². The van der Waals surface area contributed by atoms with Crippen molar-refractivity contribution in [3.63, 3.8) is 0 Å². The number of imide groups is 1. The first kappa shape index (κ1) is 22.9. The molecule has 3 fully saturated rings. The number of rotatable bonds is 5. The van der Waals surface area contributed by atoms with Gasteiger partial charge in [0.2, 0.25) is 11.8 Å². The fraction of sp³-hybridized carbons (Fsp3) is 0.360. The highest BCUT2D eigenvalue weighted by atomic mass is 35.5. The van der Waals surface area contributed by atoms with Crippen molar-refractivity contribution in [2.24, 2.45) is 23.7 Å². The number of carbonyl (C=O) groups excluding carboxylic acids is 4. The minimum atomic E-state index is -0.734. The molecule has 0 radical (unpaired) electrons. The molecule has 34 heavy (non-hydrogen) atoms. The van der Waals surface area contributed by atoms with Gasteiger partial charge in [0.1, 0.15) is 0 Å². The van der Waals surface area contributed by atoms with Crippen LogP contribution in [-0.4, -0.2) is 41.1 Å². The number of hydrogen-bond acceptors (Lipinski definition) is 5. The molecule has 2 aromatic carbocycles. The van der Waals surface area contributed by atoms with Crippen molar-refractivity contribution in [3.05, 3.63) is 59.7 Å². The average Bonchev–Trinajstić information content (AvgIpc) is 3.44. The zero-order valence-corrected chi connectivity index (χ0v) is 19.8. The van der Waals surface area contributed by atoms with Gasteiger partial charge in [0.25, 0.3) is 5.91 Å². The number of nitrogens with zero attached hydrogens (tertiary/aromatic N) is 1. The van der Waals surface area contributed by atoms with Gasteiger partial charge < -0.3 is 10.1 Å². The van der Waals surface area contributed by atoms with Crippen LogP contribution in [0.25, 0.3) is 0 Å². The molecule has 3 amide bonds. The lowest BCUT2D eigenvalue weighted by Gasteiger charge is -2.28. The van der Waals surface area contributed by atoms with Crippen LogP contribution in [0.15, 0.2) is 48.5 Å². The molecule has 0 spiro atoms. The number of carbonyl (C=O) groups is 4. The van der Waals surface area contributed by atoms with E-state index in [0.29, 0.717) is 17.8 Å². The smallest absolute Gasteiger partial charge is 0.338 e. The van der Waals surface area contributed by atoms with Crippen LogP contribution in [-0.2, 0) is 19.1 Å². The van der Waals surface area contributed by atoms with Gasteiger partial charge in [-0.15, -0.1) is 23.2 Å². The van der Waals surface area contributed by atoms with Gasteiger partial charge in [0.05, 0.1) is 33.8 Å². The lowest BCUT2D eigenvalue weighted by atomic mass is 9.80. The summed E-state index contributed by atoms with van der Waals surface area (Å²) in [5.41, 5.74) is 2.07. The van der Waals surface area contributed by atoms with E-state index in [2.05, 4.69) is 5.32 Å². The number of ether oxygens (including phenoxy) is 1. The Morgan fingerprint density at radius 3 is 2.24 bits per heavy atom. The van der Waals surface area contributed by atoms with Crippen LogP contribution >= 0.6 is 23.2 Å². The van der Waals surface area contributed by atoms with Gasteiger partial charge in [-0.05, 0) is 55.5 Å². The number of fused-ring (bicyclic) bond motifs is 5. The lowest BCUT2D eigenvalue weighted by molar-refractivity contribution is -0.123. The standard InChI is InChI=1S/C25H22Cl2N2O5/c1-12-5-7-14(8-6-12)28-18(30)11-34-25(33)13-3-2-4-15(9-13)29-23(31)19-16-10-17(20(19)24(29)32)22(27)21(16)26/h2-9,16-17,19-22H,10-11H2,1H3,(H,28,30)/t16-,17-,19-,20+,21+,22+/m1/s1. The van der Waals surface area contributed by atoms with Crippen molar-refractivity contribution in [2.45, 2.75) is 24.1 Å². The third-order valence-electron chi connectivity index (χ3n) is 7.00. The van der Waals surface area contributed by atoms with Crippen LogP contribution in [0.2, 0.25) is 0 Å². The fourth-order valence-corrected chi connectivity index (χ4v) is 6.32. The van der Waals surface area contributed by atoms with Crippen LogP contribution in [0.5, 0.6) is 0 Å². The molecule has 2 aliphatic carbocycles. The minimum absolute atomic E-state index is 0.124. The predicted octanol–water partition coefficient (Wildman–Crippen LogP) is 3.76. The summed E-state index contributed by atoms with van der Waals surface area (Å²) in [6.07, 6.45) is 0.681. The molecule has 176 valence electrons. The Labute approximate surface area is 206 Å². The van der Waals surface area contributed by atoms with E-state index >= 15 is 0 Å². The zero-order valence-electron chi connectivity index (χ0n) is 18.2. The van der Waals surface area contributed by atoms with E-state index in [4.69, 9.17) is 27.9 Å². The van der Waals surface area contributed by atoms with Gasteiger partial charge in [-0.2, -0.15) is 0 Å². The molecule has 7 nitrogen and oxygen atoms in total. The third-order valence-corrected chi connectivity index (χ3v) is 8.32. The first-order chi connectivity index (χ1) is 16.3. The van der Waals surface area contributed by atoms with Gasteiger partial charge >= 0.3 is 5.97 Å². The molecule has 1 N–H and O–H groups in total. The summed E-state index contributed by atoms with van der Waals surface area (Å²) < 4.78 is 5.13. The Morgan fingerprint density at radius 1 is 1.00 bits per heavy atom. The Morgan fingerprint density at radius 2 is 1.62 bits per heavy atom. The summed E-state index contributed by atoms with van der Waals surface area (Å²) in [5, 5.41) is 1.98. The summed E-state index contributed by atoms with van der Waals surface area (Å²) in [4.78, 5) is 52.1. The van der Waals surface area contributed by atoms with E-state index in [1.807, 2.05) is 19.1 Å². The molecule has 1 saturated heterocycles. The highest BCUT2D eigenvalue weighted by Gasteiger charge is 2.66. The minimum Gasteiger partial charge on any atom is -0.452 e. The van der Waals surface area contributed by atoms with Crippen LogP contribution in [0, 0.1) is 30.6 Å². The van der Waals surface area contributed by atoms with Crippen molar-refractivity contribution in [1.29, 1.82) is 0 Å². The summed E-state index contributed by atoms with van der Waals surface area (Å²) in [6.45, 7) is 1.46. The van der Waals surface area contributed by atoms with Crippen LogP contribution in [0.1, 0.15) is 22.3 Å². The normalized spacial score (nSPS) is 29.3. The second kappa shape index (κ2) is 8.71. The van der Waals surface area contributed by atoms with Crippen molar-refractivity contribution < 1.29 is 23.9 Å². The monoisotopic (exact) mass is 500 g/mol. The Balaban J connectivity index is 1.26. The van der Waals surface area contributed by atoms with E-state index in [0.717, 1.165) is 10.5 Å². The number of esters is 1. The number of amides is 3. The number of benzene rings is 2. The number of nitrogens with one attached hydrogen (secondary N) is 1. The molecule has 3 aliphatic rings. The molecule has 6 atom stereocenters. The molecule has 0 aromatic heterocycles. The highest BCUT2D eigenvalue weighted by Crippen LogP contribution is 2.59. The van der Waals surface area contributed by atoms with Crippen LogP contribution in [0.4, 0.5) is 11.4 Å². The summed E-state index contributed by atoms with van der Waals surface area (Å²) >= 11 is 12.8. The van der Waals surface area contributed by atoms with Crippen molar-refractivity contribution in [1.82, 2.24) is 0 Å². The molecule has 1 heterocycles. The first-order valence-electron chi connectivity index (χ1n) is 11.1. The van der Waals surface area contributed by atoms with Gasteiger partial charge in [-0.1, -0.05) is 23.8 Å². The molecule has 2 bridgehead atoms. The topological polar surface area (TPSA) is 92.8 Å². The first-order valence-corrected chi connectivity index (χ1v) is 11.9. The average molecular weight is 501 g/mol. The maximum Gasteiger partial charge on any atom is 0.338 e. The van der Waals surface area contributed by atoms with Crippen molar-refractivity contribution in [2.75, 3.05) is 16.8 Å². The Kier molecular flexibility index (Phi) is 5.86. The van der Waals surface area contributed by atoms with Gasteiger partial charge in [0.15, 0.2) is 6.61 Å². The van der Waals surface area contributed by atoms with Crippen LogP contribution in [0.3, 0.4) is 0 Å². The summed E-state index contributed by atoms with van der Waals surface area (Å²) in [5.74, 6) is -3.03. The molecule has 2 saturated carbocycles. The second-order valence-electron chi connectivity index (χ2n) is 9.06. The van der Waals surface area contributed by atoms with E-state index in [-0.39, 0.29) is 40.0 Å². The molecule has 5 rings (SSSR count). The van der Waals surface area contributed by atoms with Gasteiger partial charge in [-0.25, -0.2) is 4.79 Å². The quantitative estimate of drug-likeness (QED) is 0.383. The zero-order chi connectivity index (χ0) is 24.1. The van der Waals surface area contributed by atoms with E-state index in [1.54, 1.807) is 24.3 Å². The SMILES string of the molecule is Cc1ccc(NC(=O)COC(=O)c2cccc(N3C(=O)[C@@H]4[C@H]5C[C@@H]([C@H](Cl)[C@H]5Cl)[C@@H]4C3=O)c2)cc1.